The Kier molecular flexibility index (Phi) is 6.81. The molecule has 2 fully saturated rings. The predicted molar refractivity (Wildman–Crippen MR) is 131 cm³/mol. The summed E-state index contributed by atoms with van der Waals surface area (Å²) in [6.45, 7) is 5.61. The lowest BCUT2D eigenvalue weighted by Gasteiger charge is -2.39. The molecule has 0 amide bonds. The molecule has 2 atom stereocenters. The molecule has 8 nitrogen and oxygen atoms in total. The molecule has 1 saturated heterocycles. The number of rotatable bonds is 8. The Labute approximate surface area is 205 Å². The maximum Gasteiger partial charge on any atom is 0.358 e. The van der Waals surface area contributed by atoms with Crippen molar-refractivity contribution in [3.8, 4) is 11.3 Å². The number of hydrogen-bond donors (Lipinski definition) is 0. The number of anilines is 1. The fourth-order valence-electron chi connectivity index (χ4n) is 4.91. The summed E-state index contributed by atoms with van der Waals surface area (Å²) in [5.41, 5.74) is 4.52. The van der Waals surface area contributed by atoms with Crippen LogP contribution < -0.4 is 4.90 Å². The molecule has 1 aromatic carbocycles. The second-order valence-electron chi connectivity index (χ2n) is 9.43. The van der Waals surface area contributed by atoms with E-state index in [0.29, 0.717) is 12.5 Å². The summed E-state index contributed by atoms with van der Waals surface area (Å²) in [6, 6.07) is 8.58. The van der Waals surface area contributed by atoms with Crippen molar-refractivity contribution < 1.29 is 18.8 Å². The van der Waals surface area contributed by atoms with Gasteiger partial charge in [0.1, 0.15) is 17.3 Å². The Morgan fingerprint density at radius 1 is 1.17 bits per heavy atom. The molecule has 35 heavy (non-hydrogen) atoms. The molecule has 3 aromatic rings. The van der Waals surface area contributed by atoms with Crippen LogP contribution in [0.5, 0.6) is 0 Å². The van der Waals surface area contributed by atoms with Crippen molar-refractivity contribution in [1.29, 1.82) is 0 Å². The van der Waals surface area contributed by atoms with Crippen LogP contribution in [0.4, 0.5) is 5.82 Å². The molecule has 2 aliphatic rings. The van der Waals surface area contributed by atoms with Gasteiger partial charge in [0.15, 0.2) is 5.69 Å². The lowest BCUT2D eigenvalue weighted by atomic mass is 9.97. The van der Waals surface area contributed by atoms with Crippen LogP contribution in [0.2, 0.25) is 0 Å². The Morgan fingerprint density at radius 2 is 2.00 bits per heavy atom. The molecule has 2 aromatic heterocycles. The number of carbonyl (C=O) groups excluding carboxylic acids is 1. The summed E-state index contributed by atoms with van der Waals surface area (Å²) in [4.78, 5) is 22.6. The van der Waals surface area contributed by atoms with Gasteiger partial charge >= 0.3 is 5.97 Å². The molecule has 1 aliphatic carbocycles. The van der Waals surface area contributed by atoms with E-state index < -0.39 is 5.97 Å². The Bertz CT molecular complexity index is 1170. The first-order valence-corrected chi connectivity index (χ1v) is 12.4. The molecule has 0 N–H and O–H groups in total. The summed E-state index contributed by atoms with van der Waals surface area (Å²) in [5.74, 6) is 1.76. The maximum absolute atomic E-state index is 11.7. The molecule has 0 spiro atoms. The zero-order valence-corrected chi connectivity index (χ0v) is 20.6. The quantitative estimate of drug-likeness (QED) is 0.416. The van der Waals surface area contributed by atoms with E-state index in [9.17, 15) is 4.79 Å². The van der Waals surface area contributed by atoms with Gasteiger partial charge in [-0.05, 0) is 44.6 Å². The summed E-state index contributed by atoms with van der Waals surface area (Å²) in [5, 5.41) is 4.47. The predicted octanol–water partition coefficient (Wildman–Crippen LogP) is 5.07. The lowest BCUT2D eigenvalue weighted by Crippen LogP contribution is -2.45. The smallest absolute Gasteiger partial charge is 0.358 e. The van der Waals surface area contributed by atoms with Crippen molar-refractivity contribution in [2.24, 2.45) is 0 Å². The highest BCUT2D eigenvalue weighted by Gasteiger charge is 2.34. The van der Waals surface area contributed by atoms with Crippen molar-refractivity contribution in [2.75, 3.05) is 18.6 Å². The van der Waals surface area contributed by atoms with E-state index >= 15 is 0 Å². The van der Waals surface area contributed by atoms with E-state index in [2.05, 4.69) is 46.0 Å². The van der Waals surface area contributed by atoms with Crippen LogP contribution >= 0.6 is 0 Å². The number of ether oxygens (including phenoxy) is 2. The largest absolute Gasteiger partial charge is 0.464 e. The van der Waals surface area contributed by atoms with Crippen molar-refractivity contribution in [3.05, 3.63) is 59.2 Å². The number of piperidine rings is 1. The number of carbonyl (C=O) groups is 1. The average Bonchev–Trinajstić information content (AvgIpc) is 3.66. The van der Waals surface area contributed by atoms with Gasteiger partial charge in [0, 0.05) is 29.6 Å². The van der Waals surface area contributed by atoms with Crippen LogP contribution in [-0.4, -0.2) is 46.9 Å². The highest BCUT2D eigenvalue weighted by atomic mass is 16.5. The van der Waals surface area contributed by atoms with E-state index in [0.717, 1.165) is 67.0 Å². The second-order valence-corrected chi connectivity index (χ2v) is 9.43. The first-order chi connectivity index (χ1) is 17.1. The highest BCUT2D eigenvalue weighted by molar-refractivity contribution is 5.86. The van der Waals surface area contributed by atoms with E-state index in [1.807, 2.05) is 12.1 Å². The maximum atomic E-state index is 11.7. The van der Waals surface area contributed by atoms with Crippen LogP contribution in [-0.2, 0) is 16.1 Å². The topological polar surface area (TPSA) is 90.6 Å². The first-order valence-electron chi connectivity index (χ1n) is 12.4. The van der Waals surface area contributed by atoms with Crippen LogP contribution in [0.1, 0.15) is 72.3 Å². The number of aromatic nitrogens is 3. The van der Waals surface area contributed by atoms with Crippen LogP contribution in [0.25, 0.3) is 11.3 Å². The van der Waals surface area contributed by atoms with E-state index in [4.69, 9.17) is 14.0 Å². The van der Waals surface area contributed by atoms with E-state index in [1.165, 1.54) is 18.9 Å². The first kappa shape index (κ1) is 23.5. The molecular weight excluding hydrogens is 444 g/mol. The molecule has 0 bridgehead atoms. The van der Waals surface area contributed by atoms with E-state index in [1.54, 1.807) is 6.20 Å². The van der Waals surface area contributed by atoms with Gasteiger partial charge in [0.25, 0.3) is 0 Å². The van der Waals surface area contributed by atoms with Gasteiger partial charge in [-0.3, -0.25) is 0 Å². The molecule has 0 radical (unpaired) electrons. The Morgan fingerprint density at radius 3 is 2.69 bits per heavy atom. The fourth-order valence-corrected chi connectivity index (χ4v) is 4.91. The summed E-state index contributed by atoms with van der Waals surface area (Å²) in [6.07, 6.45) is 8.35. The van der Waals surface area contributed by atoms with Crippen molar-refractivity contribution >= 4 is 11.8 Å². The minimum absolute atomic E-state index is 0.144. The van der Waals surface area contributed by atoms with Crippen molar-refractivity contribution in [2.45, 2.75) is 70.6 Å². The van der Waals surface area contributed by atoms with Gasteiger partial charge < -0.3 is 18.9 Å². The Balaban J connectivity index is 1.28. The number of esters is 1. The number of hydrogen-bond acceptors (Lipinski definition) is 8. The van der Waals surface area contributed by atoms with Gasteiger partial charge in [0.2, 0.25) is 0 Å². The third-order valence-corrected chi connectivity index (χ3v) is 7.10. The van der Waals surface area contributed by atoms with Crippen LogP contribution in [0.15, 0.2) is 41.2 Å². The average molecular weight is 477 g/mol. The normalized spacial score (nSPS) is 20.1. The van der Waals surface area contributed by atoms with Gasteiger partial charge in [0.05, 0.1) is 32.2 Å². The van der Waals surface area contributed by atoms with Crippen LogP contribution in [0, 0.1) is 6.92 Å². The van der Waals surface area contributed by atoms with Gasteiger partial charge in [-0.15, -0.1) is 0 Å². The van der Waals surface area contributed by atoms with Crippen LogP contribution in [0.3, 0.4) is 0 Å². The highest BCUT2D eigenvalue weighted by Crippen LogP contribution is 2.44. The standard InChI is InChI=1S/C27H32N4O4/c1-4-19-13-20(11-12-31(19)24-15-28-23(14-29-24)27(32)33-3)34-16-22-25(21-8-6-5-7-17(21)2)30-35-26(22)18-9-10-18/h5-8,14-15,18-20H,4,9-13,16H2,1-3H3/t19-,20+/m0/s1. The van der Waals surface area contributed by atoms with E-state index in [-0.39, 0.29) is 17.8 Å². The third kappa shape index (κ3) is 4.93. The number of nitrogens with zero attached hydrogens (tertiary/aromatic N) is 4. The van der Waals surface area contributed by atoms with Gasteiger partial charge in [-0.2, -0.15) is 0 Å². The monoisotopic (exact) mass is 476 g/mol. The third-order valence-electron chi connectivity index (χ3n) is 7.10. The molecule has 1 aliphatic heterocycles. The van der Waals surface area contributed by atoms with Gasteiger partial charge in [-0.25, -0.2) is 14.8 Å². The molecular formula is C27H32N4O4. The number of methoxy groups -OCH3 is 1. The minimum atomic E-state index is -0.479. The summed E-state index contributed by atoms with van der Waals surface area (Å²) in [7, 11) is 1.34. The molecule has 0 unspecified atom stereocenters. The van der Waals surface area contributed by atoms with Crippen molar-refractivity contribution in [3.63, 3.8) is 0 Å². The molecule has 5 rings (SSSR count). The second kappa shape index (κ2) is 10.2. The summed E-state index contributed by atoms with van der Waals surface area (Å²) >= 11 is 0. The lowest BCUT2D eigenvalue weighted by molar-refractivity contribution is 0.0156. The SMILES string of the molecule is CC[C@H]1C[C@H](OCc2c(-c3ccccc3C)noc2C2CC2)CCN1c1cnc(C(=O)OC)cn1. The minimum Gasteiger partial charge on any atom is -0.464 e. The fraction of sp³-hybridized carbons (Fsp3) is 0.481. The molecule has 1 saturated carbocycles. The number of benzene rings is 1. The number of aryl methyl sites for hydroxylation is 1. The molecule has 184 valence electrons. The van der Waals surface area contributed by atoms with Crippen molar-refractivity contribution in [1.82, 2.24) is 15.1 Å². The van der Waals surface area contributed by atoms with Gasteiger partial charge in [-0.1, -0.05) is 36.3 Å². The summed E-state index contributed by atoms with van der Waals surface area (Å²) < 4.78 is 17.1. The molecule has 3 heterocycles. The molecule has 8 heteroatoms. The zero-order valence-electron chi connectivity index (χ0n) is 20.6. The Hall–Kier alpha value is -3.26. The zero-order chi connectivity index (χ0) is 24.4.